The molecule has 0 aliphatic rings. The van der Waals surface area contributed by atoms with Gasteiger partial charge in [0.2, 0.25) is 0 Å². The first-order valence-corrected chi connectivity index (χ1v) is 3.62. The van der Waals surface area contributed by atoms with Crippen molar-refractivity contribution in [2.45, 2.75) is 0 Å². The van der Waals surface area contributed by atoms with Crippen molar-refractivity contribution in [1.82, 2.24) is 15.4 Å². The van der Waals surface area contributed by atoms with Crippen LogP contribution in [-0.2, 0) is 9.53 Å². The standard InChI is InChI=1S/C7H10N4O2/c1-13-5-7(12)11-10-6-4-8-2-3-9-6/h2-4H,5H2,1H3,(H,9,10)(H,11,12). The Bertz CT molecular complexity index is 264. The fourth-order valence-corrected chi connectivity index (χ4v) is 0.665. The zero-order valence-corrected chi connectivity index (χ0v) is 7.15. The van der Waals surface area contributed by atoms with Crippen LogP contribution in [0.3, 0.4) is 0 Å². The normalized spacial score (nSPS) is 9.31. The summed E-state index contributed by atoms with van der Waals surface area (Å²) in [6.07, 6.45) is 4.56. The zero-order valence-electron chi connectivity index (χ0n) is 7.15. The summed E-state index contributed by atoms with van der Waals surface area (Å²) in [6, 6.07) is 0. The lowest BCUT2D eigenvalue weighted by molar-refractivity contribution is -0.124. The number of hydrazine groups is 1. The van der Waals surface area contributed by atoms with Crippen molar-refractivity contribution in [1.29, 1.82) is 0 Å². The number of hydrogen-bond donors (Lipinski definition) is 2. The third kappa shape index (κ3) is 3.48. The monoisotopic (exact) mass is 182 g/mol. The van der Waals surface area contributed by atoms with Gasteiger partial charge < -0.3 is 4.74 Å². The van der Waals surface area contributed by atoms with E-state index in [0.29, 0.717) is 5.82 Å². The highest BCUT2D eigenvalue weighted by Crippen LogP contribution is 1.92. The maximum atomic E-state index is 10.9. The van der Waals surface area contributed by atoms with Crippen molar-refractivity contribution >= 4 is 11.7 Å². The quantitative estimate of drug-likeness (QED) is 0.618. The van der Waals surface area contributed by atoms with Crippen molar-refractivity contribution in [3.63, 3.8) is 0 Å². The van der Waals surface area contributed by atoms with Crippen molar-refractivity contribution in [3.05, 3.63) is 18.6 Å². The number of nitrogens with one attached hydrogen (secondary N) is 2. The van der Waals surface area contributed by atoms with E-state index in [1.807, 2.05) is 0 Å². The Morgan fingerprint density at radius 2 is 2.46 bits per heavy atom. The molecule has 0 fully saturated rings. The Kier molecular flexibility index (Phi) is 3.65. The van der Waals surface area contributed by atoms with Crippen LogP contribution in [-0.4, -0.2) is 29.6 Å². The summed E-state index contributed by atoms with van der Waals surface area (Å²) in [5, 5.41) is 0. The maximum Gasteiger partial charge on any atom is 0.264 e. The molecular formula is C7H10N4O2. The molecule has 0 spiro atoms. The van der Waals surface area contributed by atoms with Gasteiger partial charge in [0.25, 0.3) is 5.91 Å². The molecule has 0 aliphatic carbocycles. The second kappa shape index (κ2) is 5.04. The fourth-order valence-electron chi connectivity index (χ4n) is 0.665. The highest BCUT2D eigenvalue weighted by molar-refractivity contribution is 5.78. The highest BCUT2D eigenvalue weighted by Gasteiger charge is 1.98. The highest BCUT2D eigenvalue weighted by atomic mass is 16.5. The average Bonchev–Trinajstić information content (AvgIpc) is 2.17. The van der Waals surface area contributed by atoms with Gasteiger partial charge in [0.15, 0.2) is 5.82 Å². The van der Waals surface area contributed by atoms with Gasteiger partial charge in [0, 0.05) is 19.5 Å². The minimum atomic E-state index is -0.270. The van der Waals surface area contributed by atoms with Gasteiger partial charge in [-0.2, -0.15) is 0 Å². The van der Waals surface area contributed by atoms with Gasteiger partial charge >= 0.3 is 0 Å². The summed E-state index contributed by atoms with van der Waals surface area (Å²) in [5.41, 5.74) is 4.96. The van der Waals surface area contributed by atoms with Crippen LogP contribution >= 0.6 is 0 Å². The number of hydrogen-bond acceptors (Lipinski definition) is 5. The lowest BCUT2D eigenvalue weighted by Crippen LogP contribution is -2.32. The molecule has 0 bridgehead atoms. The summed E-state index contributed by atoms with van der Waals surface area (Å²) < 4.78 is 4.60. The van der Waals surface area contributed by atoms with Gasteiger partial charge in [-0.25, -0.2) is 4.98 Å². The lowest BCUT2D eigenvalue weighted by atomic mass is 10.6. The topological polar surface area (TPSA) is 76.1 Å². The maximum absolute atomic E-state index is 10.9. The molecule has 0 saturated carbocycles. The SMILES string of the molecule is COCC(=O)NNc1cnccn1. The van der Waals surface area contributed by atoms with E-state index in [2.05, 4.69) is 25.6 Å². The Labute approximate surface area is 75.3 Å². The molecule has 0 unspecified atom stereocenters. The first kappa shape index (κ1) is 9.40. The summed E-state index contributed by atoms with van der Waals surface area (Å²) in [7, 11) is 1.45. The fraction of sp³-hybridized carbons (Fsp3) is 0.286. The smallest absolute Gasteiger partial charge is 0.264 e. The van der Waals surface area contributed by atoms with E-state index in [1.165, 1.54) is 19.5 Å². The number of ether oxygens (including phenoxy) is 1. The molecule has 70 valence electrons. The molecule has 0 saturated heterocycles. The lowest BCUT2D eigenvalue weighted by Gasteiger charge is -2.05. The van der Waals surface area contributed by atoms with E-state index in [9.17, 15) is 4.79 Å². The number of rotatable bonds is 4. The number of carbonyl (C=O) groups excluding carboxylic acids is 1. The average molecular weight is 182 g/mol. The van der Waals surface area contributed by atoms with Crippen molar-refractivity contribution in [2.75, 3.05) is 19.1 Å². The van der Waals surface area contributed by atoms with Crippen LogP contribution in [0.15, 0.2) is 18.6 Å². The zero-order chi connectivity index (χ0) is 9.52. The summed E-state index contributed by atoms with van der Waals surface area (Å²) in [5.74, 6) is 0.208. The number of methoxy groups -OCH3 is 1. The number of anilines is 1. The van der Waals surface area contributed by atoms with Crippen LogP contribution in [0.1, 0.15) is 0 Å². The van der Waals surface area contributed by atoms with Crippen molar-refractivity contribution < 1.29 is 9.53 Å². The van der Waals surface area contributed by atoms with E-state index in [1.54, 1.807) is 6.20 Å². The van der Waals surface area contributed by atoms with E-state index in [-0.39, 0.29) is 12.5 Å². The second-order valence-corrected chi connectivity index (χ2v) is 2.20. The van der Waals surface area contributed by atoms with Crippen molar-refractivity contribution in [3.8, 4) is 0 Å². The van der Waals surface area contributed by atoms with Crippen LogP contribution in [0.4, 0.5) is 5.82 Å². The molecule has 13 heavy (non-hydrogen) atoms. The number of amides is 1. The van der Waals surface area contributed by atoms with Crippen LogP contribution in [0.2, 0.25) is 0 Å². The molecule has 1 amide bonds. The third-order valence-corrected chi connectivity index (χ3v) is 1.17. The van der Waals surface area contributed by atoms with Gasteiger partial charge in [-0.05, 0) is 0 Å². The molecule has 2 N–H and O–H groups in total. The van der Waals surface area contributed by atoms with E-state index in [0.717, 1.165) is 0 Å². The molecule has 0 atom stereocenters. The van der Waals surface area contributed by atoms with Gasteiger partial charge in [-0.1, -0.05) is 0 Å². The molecule has 1 heterocycles. The van der Waals surface area contributed by atoms with Crippen LogP contribution in [0.5, 0.6) is 0 Å². The van der Waals surface area contributed by atoms with E-state index >= 15 is 0 Å². The second-order valence-electron chi connectivity index (χ2n) is 2.20. The molecular weight excluding hydrogens is 172 g/mol. The van der Waals surface area contributed by atoms with E-state index in [4.69, 9.17) is 0 Å². The molecule has 0 radical (unpaired) electrons. The molecule has 6 nitrogen and oxygen atoms in total. The Hall–Kier alpha value is -1.69. The Morgan fingerprint density at radius 1 is 1.62 bits per heavy atom. The Morgan fingerprint density at radius 3 is 3.08 bits per heavy atom. The summed E-state index contributed by atoms with van der Waals surface area (Å²) in [4.78, 5) is 18.6. The molecule has 6 heteroatoms. The number of aromatic nitrogens is 2. The molecule has 0 aliphatic heterocycles. The predicted octanol–water partition coefficient (Wildman–Crippen LogP) is -0.434. The number of carbonyl (C=O) groups is 1. The van der Waals surface area contributed by atoms with Crippen LogP contribution in [0.25, 0.3) is 0 Å². The largest absolute Gasteiger partial charge is 0.375 e. The summed E-state index contributed by atoms with van der Waals surface area (Å²) in [6.45, 7) is 0.00720. The first-order chi connectivity index (χ1) is 6.33. The number of nitrogens with zero attached hydrogens (tertiary/aromatic N) is 2. The van der Waals surface area contributed by atoms with E-state index < -0.39 is 0 Å². The van der Waals surface area contributed by atoms with Crippen LogP contribution < -0.4 is 10.9 Å². The molecule has 0 aromatic carbocycles. The van der Waals surface area contributed by atoms with Gasteiger partial charge in [-0.15, -0.1) is 0 Å². The van der Waals surface area contributed by atoms with Crippen molar-refractivity contribution in [2.24, 2.45) is 0 Å². The molecule has 1 rings (SSSR count). The third-order valence-electron chi connectivity index (χ3n) is 1.17. The Balaban J connectivity index is 2.31. The van der Waals surface area contributed by atoms with Crippen LogP contribution in [0, 0.1) is 0 Å². The molecule has 1 aromatic heterocycles. The minimum absolute atomic E-state index is 0.00720. The van der Waals surface area contributed by atoms with Gasteiger partial charge in [0.1, 0.15) is 6.61 Å². The first-order valence-electron chi connectivity index (χ1n) is 3.62. The predicted molar refractivity (Wildman–Crippen MR) is 45.7 cm³/mol. The molecule has 1 aromatic rings. The van der Waals surface area contributed by atoms with Gasteiger partial charge in [0.05, 0.1) is 6.20 Å². The summed E-state index contributed by atoms with van der Waals surface area (Å²) >= 11 is 0. The minimum Gasteiger partial charge on any atom is -0.375 e. The van der Waals surface area contributed by atoms with Gasteiger partial charge in [-0.3, -0.25) is 20.6 Å².